The van der Waals surface area contributed by atoms with Crippen molar-refractivity contribution in [3.05, 3.63) is 17.7 Å². The molecule has 2 heterocycles. The van der Waals surface area contributed by atoms with Crippen molar-refractivity contribution in [2.75, 3.05) is 6.54 Å². The lowest BCUT2D eigenvalue weighted by molar-refractivity contribution is -0.124. The zero-order valence-electron chi connectivity index (χ0n) is 8.46. The van der Waals surface area contributed by atoms with Crippen molar-refractivity contribution >= 4 is 5.91 Å². The SMILES string of the molecule is O=C(NCC(F)F)C1Cc2nc[nH]c2CN1. The smallest absolute Gasteiger partial charge is 0.255 e. The van der Waals surface area contributed by atoms with Gasteiger partial charge in [0.2, 0.25) is 5.91 Å². The molecule has 1 aromatic heterocycles. The first-order valence-corrected chi connectivity index (χ1v) is 4.97. The summed E-state index contributed by atoms with van der Waals surface area (Å²) in [6.07, 6.45) is -0.534. The predicted molar refractivity (Wildman–Crippen MR) is 51.9 cm³/mol. The second-order valence-electron chi connectivity index (χ2n) is 3.60. The number of carbonyl (C=O) groups excluding carboxylic acids is 1. The highest BCUT2D eigenvalue weighted by Crippen LogP contribution is 2.11. The minimum Gasteiger partial charge on any atom is -0.349 e. The fraction of sp³-hybridized carbons (Fsp3) is 0.556. The summed E-state index contributed by atoms with van der Waals surface area (Å²) in [5.41, 5.74) is 1.76. The lowest BCUT2D eigenvalue weighted by atomic mass is 10.0. The van der Waals surface area contributed by atoms with Gasteiger partial charge in [-0.25, -0.2) is 13.8 Å². The Morgan fingerprint density at radius 1 is 1.69 bits per heavy atom. The average Bonchev–Trinajstić information content (AvgIpc) is 2.72. The Morgan fingerprint density at radius 2 is 2.50 bits per heavy atom. The van der Waals surface area contributed by atoms with E-state index in [2.05, 4.69) is 20.6 Å². The molecule has 0 aromatic carbocycles. The van der Waals surface area contributed by atoms with E-state index in [1.807, 2.05) is 0 Å². The lowest BCUT2D eigenvalue weighted by Crippen LogP contribution is -2.48. The van der Waals surface area contributed by atoms with Crippen LogP contribution in [0.1, 0.15) is 11.4 Å². The Balaban J connectivity index is 1.90. The summed E-state index contributed by atoms with van der Waals surface area (Å²) in [4.78, 5) is 18.5. The van der Waals surface area contributed by atoms with E-state index in [9.17, 15) is 13.6 Å². The molecule has 5 nitrogen and oxygen atoms in total. The number of nitrogens with one attached hydrogen (secondary N) is 3. The van der Waals surface area contributed by atoms with E-state index in [0.717, 1.165) is 11.4 Å². The van der Waals surface area contributed by atoms with E-state index in [1.54, 1.807) is 6.33 Å². The van der Waals surface area contributed by atoms with Crippen LogP contribution in [0.3, 0.4) is 0 Å². The van der Waals surface area contributed by atoms with Crippen LogP contribution in [0.25, 0.3) is 0 Å². The maximum atomic E-state index is 11.9. The number of imidazole rings is 1. The maximum Gasteiger partial charge on any atom is 0.255 e. The number of amides is 1. The van der Waals surface area contributed by atoms with Crippen LogP contribution in [-0.2, 0) is 17.8 Å². The largest absolute Gasteiger partial charge is 0.349 e. The number of alkyl halides is 2. The van der Waals surface area contributed by atoms with Crippen LogP contribution in [0.15, 0.2) is 6.33 Å². The highest BCUT2D eigenvalue weighted by atomic mass is 19.3. The molecular formula is C9H12F2N4O. The summed E-state index contributed by atoms with van der Waals surface area (Å²) in [7, 11) is 0. The van der Waals surface area contributed by atoms with Crippen molar-refractivity contribution in [1.29, 1.82) is 0 Å². The van der Waals surface area contributed by atoms with Crippen molar-refractivity contribution in [3.63, 3.8) is 0 Å². The molecule has 0 bridgehead atoms. The van der Waals surface area contributed by atoms with Crippen LogP contribution in [0.4, 0.5) is 8.78 Å². The van der Waals surface area contributed by atoms with Crippen LogP contribution >= 0.6 is 0 Å². The van der Waals surface area contributed by atoms with Crippen LogP contribution in [-0.4, -0.2) is 34.9 Å². The maximum absolute atomic E-state index is 11.9. The summed E-state index contributed by atoms with van der Waals surface area (Å²) < 4.78 is 23.8. The van der Waals surface area contributed by atoms with E-state index in [4.69, 9.17) is 0 Å². The van der Waals surface area contributed by atoms with E-state index in [-0.39, 0.29) is 0 Å². The number of nitrogens with zero attached hydrogens (tertiary/aromatic N) is 1. The normalized spacial score (nSPS) is 19.6. The Hall–Kier alpha value is -1.50. The number of aromatic amines is 1. The summed E-state index contributed by atoms with van der Waals surface area (Å²) in [5, 5.41) is 5.14. The van der Waals surface area contributed by atoms with Gasteiger partial charge >= 0.3 is 0 Å². The van der Waals surface area contributed by atoms with Gasteiger partial charge in [-0.15, -0.1) is 0 Å². The second-order valence-corrected chi connectivity index (χ2v) is 3.60. The third-order valence-corrected chi connectivity index (χ3v) is 2.48. The van der Waals surface area contributed by atoms with Crippen molar-refractivity contribution in [1.82, 2.24) is 20.6 Å². The van der Waals surface area contributed by atoms with E-state index >= 15 is 0 Å². The molecule has 0 spiro atoms. The Morgan fingerprint density at radius 3 is 3.25 bits per heavy atom. The molecule has 0 saturated heterocycles. The first-order valence-electron chi connectivity index (χ1n) is 4.97. The Kier molecular flexibility index (Phi) is 3.14. The number of hydrogen-bond donors (Lipinski definition) is 3. The van der Waals surface area contributed by atoms with E-state index in [0.29, 0.717) is 13.0 Å². The van der Waals surface area contributed by atoms with Gasteiger partial charge in [-0.3, -0.25) is 10.1 Å². The molecule has 1 atom stereocenters. The average molecular weight is 230 g/mol. The van der Waals surface area contributed by atoms with Crippen LogP contribution in [0, 0.1) is 0 Å². The van der Waals surface area contributed by atoms with Gasteiger partial charge in [-0.05, 0) is 0 Å². The standard InChI is InChI=1S/C9H12F2N4O/c10-8(11)3-13-9(16)6-1-5-7(2-12-6)15-4-14-5/h4,6,8,12H,1-3H2,(H,13,16)(H,14,15). The molecule has 88 valence electrons. The molecule has 2 rings (SSSR count). The number of aromatic nitrogens is 2. The Bertz CT molecular complexity index is 379. The van der Waals surface area contributed by atoms with Gasteiger partial charge in [-0.1, -0.05) is 0 Å². The van der Waals surface area contributed by atoms with Crippen molar-refractivity contribution in [2.24, 2.45) is 0 Å². The number of halogens is 2. The molecule has 0 aliphatic carbocycles. The molecule has 1 aromatic rings. The second kappa shape index (κ2) is 4.56. The van der Waals surface area contributed by atoms with Crippen LogP contribution < -0.4 is 10.6 Å². The lowest BCUT2D eigenvalue weighted by Gasteiger charge is -2.22. The molecule has 0 radical (unpaired) electrons. The summed E-state index contributed by atoms with van der Waals surface area (Å²) in [6, 6.07) is -0.477. The Labute approximate surface area is 90.6 Å². The van der Waals surface area contributed by atoms with Gasteiger partial charge in [0.05, 0.1) is 30.3 Å². The van der Waals surface area contributed by atoms with Crippen LogP contribution in [0.5, 0.6) is 0 Å². The minimum atomic E-state index is -2.52. The monoisotopic (exact) mass is 230 g/mol. The third-order valence-electron chi connectivity index (χ3n) is 2.48. The van der Waals surface area contributed by atoms with Crippen molar-refractivity contribution in [2.45, 2.75) is 25.4 Å². The zero-order chi connectivity index (χ0) is 11.5. The molecule has 0 saturated carbocycles. The van der Waals surface area contributed by atoms with Gasteiger partial charge in [-0.2, -0.15) is 0 Å². The fourth-order valence-electron chi connectivity index (χ4n) is 1.66. The summed E-state index contributed by atoms with van der Waals surface area (Å²) in [6.45, 7) is -0.105. The molecule has 0 fully saturated rings. The van der Waals surface area contributed by atoms with Gasteiger partial charge in [0, 0.05) is 13.0 Å². The van der Waals surface area contributed by atoms with E-state index in [1.165, 1.54) is 0 Å². The van der Waals surface area contributed by atoms with Crippen molar-refractivity contribution in [3.8, 4) is 0 Å². The topological polar surface area (TPSA) is 69.8 Å². The fourth-order valence-corrected chi connectivity index (χ4v) is 1.66. The molecular weight excluding hydrogens is 218 g/mol. The van der Waals surface area contributed by atoms with Gasteiger partial charge in [0.25, 0.3) is 6.43 Å². The molecule has 1 aliphatic rings. The molecule has 1 aliphatic heterocycles. The van der Waals surface area contributed by atoms with Crippen molar-refractivity contribution < 1.29 is 13.6 Å². The van der Waals surface area contributed by atoms with Crippen LogP contribution in [0.2, 0.25) is 0 Å². The summed E-state index contributed by atoms with van der Waals surface area (Å²) in [5.74, 6) is -0.408. The zero-order valence-corrected chi connectivity index (χ0v) is 8.46. The number of H-pyrrole nitrogens is 1. The molecule has 1 unspecified atom stereocenters. The van der Waals surface area contributed by atoms with E-state index < -0.39 is 24.9 Å². The molecule has 1 amide bonds. The molecule has 16 heavy (non-hydrogen) atoms. The first kappa shape index (κ1) is 11.0. The predicted octanol–water partition coefficient (Wildman–Crippen LogP) is -0.195. The molecule has 7 heteroatoms. The number of hydrogen-bond acceptors (Lipinski definition) is 3. The number of fused-ring (bicyclic) bond motifs is 1. The highest BCUT2D eigenvalue weighted by molar-refractivity contribution is 5.82. The number of rotatable bonds is 3. The highest BCUT2D eigenvalue weighted by Gasteiger charge is 2.25. The molecule has 3 N–H and O–H groups in total. The van der Waals surface area contributed by atoms with Gasteiger partial charge in [0.1, 0.15) is 0 Å². The minimum absolute atomic E-state index is 0.408. The third kappa shape index (κ3) is 2.35. The van der Waals surface area contributed by atoms with Gasteiger partial charge < -0.3 is 10.3 Å². The van der Waals surface area contributed by atoms with Gasteiger partial charge in [0.15, 0.2) is 0 Å². The number of carbonyl (C=O) groups is 1. The summed E-state index contributed by atoms with van der Waals surface area (Å²) >= 11 is 0. The first-order chi connectivity index (χ1) is 7.66. The quantitative estimate of drug-likeness (QED) is 0.673.